The van der Waals surface area contributed by atoms with E-state index in [2.05, 4.69) is 15.5 Å². The molecule has 0 saturated heterocycles. The standard InChI is InChI=1S/C14H11FN4OS/c1-2-12-18-19-14(21-12)17-13(20)10(8-16)7-9-5-3-4-6-11(9)15/h3-7H,2H2,1H3,(H,17,19,20). The van der Waals surface area contributed by atoms with E-state index in [4.69, 9.17) is 5.26 Å². The van der Waals surface area contributed by atoms with E-state index in [-0.39, 0.29) is 11.1 Å². The number of hydrogen-bond acceptors (Lipinski definition) is 5. The zero-order valence-corrected chi connectivity index (χ0v) is 11.9. The number of benzene rings is 1. The lowest BCUT2D eigenvalue weighted by Crippen LogP contribution is -2.13. The Balaban J connectivity index is 2.19. The van der Waals surface area contributed by atoms with Crippen LogP contribution in [0.15, 0.2) is 29.8 Å². The Bertz CT molecular complexity index is 733. The molecule has 0 atom stereocenters. The molecule has 0 fully saturated rings. The Morgan fingerprint density at radius 1 is 1.48 bits per heavy atom. The maximum atomic E-state index is 13.5. The molecule has 0 saturated carbocycles. The van der Waals surface area contributed by atoms with Gasteiger partial charge in [-0.3, -0.25) is 10.1 Å². The number of halogens is 1. The minimum atomic E-state index is -0.639. The second-order valence-electron chi connectivity index (χ2n) is 4.00. The first kappa shape index (κ1) is 14.8. The summed E-state index contributed by atoms with van der Waals surface area (Å²) >= 11 is 1.23. The van der Waals surface area contributed by atoms with E-state index in [1.165, 1.54) is 35.6 Å². The van der Waals surface area contributed by atoms with Gasteiger partial charge in [-0.25, -0.2) is 4.39 Å². The third-order valence-electron chi connectivity index (χ3n) is 2.56. The van der Waals surface area contributed by atoms with Crippen LogP contribution in [0.4, 0.5) is 9.52 Å². The molecule has 5 nitrogen and oxygen atoms in total. The summed E-state index contributed by atoms with van der Waals surface area (Å²) in [5.74, 6) is -1.14. The van der Waals surface area contributed by atoms with Gasteiger partial charge in [-0.05, 0) is 18.6 Å². The second-order valence-corrected chi connectivity index (χ2v) is 5.06. The minimum Gasteiger partial charge on any atom is -0.296 e. The van der Waals surface area contributed by atoms with E-state index < -0.39 is 11.7 Å². The van der Waals surface area contributed by atoms with Crippen LogP contribution in [0.25, 0.3) is 6.08 Å². The zero-order chi connectivity index (χ0) is 15.2. The van der Waals surface area contributed by atoms with Crippen LogP contribution in [-0.2, 0) is 11.2 Å². The summed E-state index contributed by atoms with van der Waals surface area (Å²) < 4.78 is 13.5. The molecule has 1 aromatic carbocycles. The largest absolute Gasteiger partial charge is 0.296 e. The minimum absolute atomic E-state index is 0.177. The lowest BCUT2D eigenvalue weighted by molar-refractivity contribution is -0.112. The maximum Gasteiger partial charge on any atom is 0.268 e. The molecule has 1 heterocycles. The summed E-state index contributed by atoms with van der Waals surface area (Å²) in [7, 11) is 0. The second kappa shape index (κ2) is 6.72. The number of carbonyl (C=O) groups is 1. The lowest BCUT2D eigenvalue weighted by Gasteiger charge is -2.00. The van der Waals surface area contributed by atoms with Gasteiger partial charge in [0, 0.05) is 5.56 Å². The Morgan fingerprint density at radius 3 is 2.86 bits per heavy atom. The first-order chi connectivity index (χ1) is 10.1. The third kappa shape index (κ3) is 3.70. The molecule has 1 N–H and O–H groups in total. The fourth-order valence-corrected chi connectivity index (χ4v) is 2.18. The summed E-state index contributed by atoms with van der Waals surface area (Å²) in [6.07, 6.45) is 1.91. The van der Waals surface area contributed by atoms with Crippen LogP contribution in [0.3, 0.4) is 0 Å². The topological polar surface area (TPSA) is 78.7 Å². The van der Waals surface area contributed by atoms with Gasteiger partial charge >= 0.3 is 0 Å². The van der Waals surface area contributed by atoms with Crippen LogP contribution in [0.1, 0.15) is 17.5 Å². The number of nitrogens with one attached hydrogen (secondary N) is 1. The SMILES string of the molecule is CCc1nnc(NC(=O)C(C#N)=Cc2ccccc2F)s1. The van der Waals surface area contributed by atoms with Crippen LogP contribution in [-0.4, -0.2) is 16.1 Å². The quantitative estimate of drug-likeness (QED) is 0.695. The van der Waals surface area contributed by atoms with Gasteiger partial charge in [-0.1, -0.05) is 36.5 Å². The predicted molar refractivity (Wildman–Crippen MR) is 77.9 cm³/mol. The summed E-state index contributed by atoms with van der Waals surface area (Å²) in [5, 5.41) is 20.3. The van der Waals surface area contributed by atoms with E-state index in [1.807, 2.05) is 6.92 Å². The van der Waals surface area contributed by atoms with Gasteiger partial charge in [0.25, 0.3) is 5.91 Å². The first-order valence-corrected chi connectivity index (χ1v) is 6.95. The number of hydrogen-bond donors (Lipinski definition) is 1. The van der Waals surface area contributed by atoms with Crippen molar-refractivity contribution in [3.05, 3.63) is 46.2 Å². The maximum absolute atomic E-state index is 13.5. The number of amides is 1. The van der Waals surface area contributed by atoms with E-state index >= 15 is 0 Å². The molecule has 0 aliphatic heterocycles. The molecule has 2 aromatic rings. The van der Waals surface area contributed by atoms with Gasteiger partial charge < -0.3 is 0 Å². The Labute approximate surface area is 124 Å². The molecule has 0 unspecified atom stereocenters. The predicted octanol–water partition coefficient (Wildman–Crippen LogP) is 2.79. The number of aryl methyl sites for hydroxylation is 1. The lowest BCUT2D eigenvalue weighted by atomic mass is 10.1. The highest BCUT2D eigenvalue weighted by molar-refractivity contribution is 7.15. The number of anilines is 1. The van der Waals surface area contributed by atoms with Crippen molar-refractivity contribution in [3.8, 4) is 6.07 Å². The van der Waals surface area contributed by atoms with Crippen molar-refractivity contribution in [1.82, 2.24) is 10.2 Å². The molecule has 0 bridgehead atoms. The van der Waals surface area contributed by atoms with E-state index in [0.717, 1.165) is 5.01 Å². The monoisotopic (exact) mass is 302 g/mol. The van der Waals surface area contributed by atoms with E-state index in [0.29, 0.717) is 11.6 Å². The van der Waals surface area contributed by atoms with Crippen LogP contribution in [0, 0.1) is 17.1 Å². The molecule has 0 aliphatic rings. The van der Waals surface area contributed by atoms with Crippen LogP contribution in [0.5, 0.6) is 0 Å². The van der Waals surface area contributed by atoms with Crippen molar-refractivity contribution in [2.24, 2.45) is 0 Å². The Kier molecular flexibility index (Phi) is 4.74. The average molecular weight is 302 g/mol. The molecular formula is C14H11FN4OS. The molecule has 1 amide bonds. The highest BCUT2D eigenvalue weighted by atomic mass is 32.1. The van der Waals surface area contributed by atoms with Gasteiger partial charge in [0.05, 0.1) is 0 Å². The number of nitrogens with zero attached hydrogens (tertiary/aromatic N) is 3. The molecule has 0 spiro atoms. The summed E-state index contributed by atoms with van der Waals surface area (Å²) in [4.78, 5) is 12.0. The van der Waals surface area contributed by atoms with Crippen molar-refractivity contribution >= 4 is 28.5 Å². The van der Waals surface area contributed by atoms with Crippen LogP contribution in [0.2, 0.25) is 0 Å². The Hall–Kier alpha value is -2.59. The van der Waals surface area contributed by atoms with E-state index in [1.54, 1.807) is 12.1 Å². The molecular weight excluding hydrogens is 291 g/mol. The van der Waals surface area contributed by atoms with Crippen LogP contribution < -0.4 is 5.32 Å². The fraction of sp³-hybridized carbons (Fsp3) is 0.143. The zero-order valence-electron chi connectivity index (χ0n) is 11.1. The fourth-order valence-electron chi connectivity index (χ4n) is 1.51. The smallest absolute Gasteiger partial charge is 0.268 e. The average Bonchev–Trinajstić information content (AvgIpc) is 2.94. The highest BCUT2D eigenvalue weighted by Crippen LogP contribution is 2.17. The van der Waals surface area contributed by atoms with Crippen molar-refractivity contribution in [1.29, 1.82) is 5.26 Å². The van der Waals surface area contributed by atoms with Gasteiger partial charge in [0.15, 0.2) is 0 Å². The number of rotatable bonds is 4. The van der Waals surface area contributed by atoms with Crippen molar-refractivity contribution < 1.29 is 9.18 Å². The summed E-state index contributed by atoms with van der Waals surface area (Å²) in [6.45, 7) is 1.92. The van der Waals surface area contributed by atoms with Crippen LogP contribution >= 0.6 is 11.3 Å². The van der Waals surface area contributed by atoms with Gasteiger partial charge in [-0.2, -0.15) is 5.26 Å². The summed E-state index contributed by atoms with van der Waals surface area (Å²) in [5.41, 5.74) is -0.0240. The van der Waals surface area contributed by atoms with Gasteiger partial charge in [-0.15, -0.1) is 10.2 Å². The molecule has 0 aliphatic carbocycles. The molecule has 0 radical (unpaired) electrons. The normalized spacial score (nSPS) is 11.0. The van der Waals surface area contributed by atoms with Crippen molar-refractivity contribution in [3.63, 3.8) is 0 Å². The number of aromatic nitrogens is 2. The first-order valence-electron chi connectivity index (χ1n) is 6.14. The molecule has 7 heteroatoms. The molecule has 21 heavy (non-hydrogen) atoms. The summed E-state index contributed by atoms with van der Waals surface area (Å²) in [6, 6.07) is 7.66. The molecule has 1 aromatic heterocycles. The third-order valence-corrected chi connectivity index (χ3v) is 3.54. The van der Waals surface area contributed by atoms with Crippen molar-refractivity contribution in [2.75, 3.05) is 5.32 Å². The van der Waals surface area contributed by atoms with E-state index in [9.17, 15) is 9.18 Å². The molecule has 106 valence electrons. The number of carbonyl (C=O) groups excluding carboxylic acids is 1. The Morgan fingerprint density at radius 2 is 2.24 bits per heavy atom. The molecule has 2 rings (SSSR count). The highest BCUT2D eigenvalue weighted by Gasteiger charge is 2.13. The van der Waals surface area contributed by atoms with Gasteiger partial charge in [0.2, 0.25) is 5.13 Å². The van der Waals surface area contributed by atoms with Crippen molar-refractivity contribution in [2.45, 2.75) is 13.3 Å². The number of nitriles is 1. The van der Waals surface area contributed by atoms with Gasteiger partial charge in [0.1, 0.15) is 22.5 Å².